The summed E-state index contributed by atoms with van der Waals surface area (Å²) in [6, 6.07) is 16.9. The zero-order chi connectivity index (χ0) is 19.3. The summed E-state index contributed by atoms with van der Waals surface area (Å²) >= 11 is 11.8. The van der Waals surface area contributed by atoms with Crippen LogP contribution in [-0.2, 0) is 14.3 Å². The van der Waals surface area contributed by atoms with Gasteiger partial charge in [0, 0.05) is 22.7 Å². The summed E-state index contributed by atoms with van der Waals surface area (Å²) in [5.74, 6) is 0.601. The number of rotatable bonds is 3. The Hall–Kier alpha value is -2.32. The highest BCUT2D eigenvalue weighted by molar-refractivity contribution is 7.71. The largest absolute Gasteiger partial charge is 0.343 e. The third-order valence-electron chi connectivity index (χ3n) is 5.05. The van der Waals surface area contributed by atoms with Gasteiger partial charge in [-0.3, -0.25) is 9.36 Å². The molecular weight excluding hydrogens is 398 g/mol. The molecule has 0 radical (unpaired) electrons. The summed E-state index contributed by atoms with van der Waals surface area (Å²) in [5, 5.41) is 5.45. The van der Waals surface area contributed by atoms with Gasteiger partial charge in [0.2, 0.25) is 11.1 Å². The van der Waals surface area contributed by atoms with Crippen molar-refractivity contribution in [3.63, 3.8) is 0 Å². The summed E-state index contributed by atoms with van der Waals surface area (Å²) < 4.78 is 15.3. The van der Waals surface area contributed by atoms with Crippen LogP contribution in [0.1, 0.15) is 12.5 Å². The molecule has 0 spiro atoms. The van der Waals surface area contributed by atoms with Crippen LogP contribution in [0.15, 0.2) is 54.6 Å². The summed E-state index contributed by atoms with van der Waals surface area (Å²) in [6.07, 6.45) is -0.705. The molecule has 3 heterocycles. The summed E-state index contributed by atoms with van der Waals surface area (Å²) in [6.45, 7) is 0.358. The number of ketones is 1. The first-order valence-corrected chi connectivity index (χ1v) is 9.73. The standard InChI is InChI=1S/C20H16ClN3O3S/c21-13-8-6-12(7-9-13)18-22-24(15-10-16(25)19-26-11-17(15)27-19)20(28)23(18)14-4-2-1-3-5-14/h1-9,15,17,19H,10-11H2. The zero-order valence-electron chi connectivity index (χ0n) is 14.7. The Morgan fingerprint density at radius 3 is 2.61 bits per heavy atom. The normalized spacial score (nSPS) is 23.9. The molecule has 5 rings (SSSR count). The number of aromatic nitrogens is 3. The fourth-order valence-corrected chi connectivity index (χ4v) is 4.16. The van der Waals surface area contributed by atoms with E-state index in [1.165, 1.54) is 0 Å². The molecule has 8 heteroatoms. The number of carbonyl (C=O) groups is 1. The van der Waals surface area contributed by atoms with E-state index in [4.69, 9.17) is 38.4 Å². The molecule has 2 aliphatic rings. The van der Waals surface area contributed by atoms with E-state index in [0.29, 0.717) is 22.2 Å². The lowest BCUT2D eigenvalue weighted by Gasteiger charge is -2.26. The number of halogens is 1. The zero-order valence-corrected chi connectivity index (χ0v) is 16.3. The number of carbonyl (C=O) groups excluding carboxylic acids is 1. The molecule has 1 aromatic heterocycles. The molecule has 3 atom stereocenters. The molecule has 2 aromatic carbocycles. The van der Waals surface area contributed by atoms with Crippen LogP contribution in [0.4, 0.5) is 0 Å². The minimum absolute atomic E-state index is 0.0806. The van der Waals surface area contributed by atoms with E-state index >= 15 is 0 Å². The van der Waals surface area contributed by atoms with Gasteiger partial charge in [0.25, 0.3) is 0 Å². The van der Waals surface area contributed by atoms with Gasteiger partial charge in [-0.05, 0) is 48.6 Å². The van der Waals surface area contributed by atoms with E-state index < -0.39 is 6.29 Å². The van der Waals surface area contributed by atoms with Crippen LogP contribution in [0.2, 0.25) is 5.02 Å². The van der Waals surface area contributed by atoms with Gasteiger partial charge in [-0.1, -0.05) is 29.8 Å². The van der Waals surface area contributed by atoms with Gasteiger partial charge in [0.15, 0.2) is 11.6 Å². The number of nitrogens with zero attached hydrogens (tertiary/aromatic N) is 3. The number of fused-ring (bicyclic) bond motifs is 2. The molecular formula is C20H16ClN3O3S. The fourth-order valence-electron chi connectivity index (χ4n) is 3.66. The quantitative estimate of drug-likeness (QED) is 0.608. The third-order valence-corrected chi connectivity index (χ3v) is 5.67. The predicted octanol–water partition coefficient (Wildman–Crippen LogP) is 3.98. The topological polar surface area (TPSA) is 58.3 Å². The smallest absolute Gasteiger partial charge is 0.218 e. The second-order valence-electron chi connectivity index (χ2n) is 6.81. The van der Waals surface area contributed by atoms with Crippen LogP contribution in [0.5, 0.6) is 0 Å². The Morgan fingerprint density at radius 1 is 1.11 bits per heavy atom. The first-order chi connectivity index (χ1) is 13.6. The van der Waals surface area contributed by atoms with Crippen LogP contribution in [0, 0.1) is 4.77 Å². The molecule has 2 bridgehead atoms. The van der Waals surface area contributed by atoms with Crippen molar-refractivity contribution in [1.82, 2.24) is 14.3 Å². The second kappa shape index (κ2) is 6.93. The van der Waals surface area contributed by atoms with Crippen molar-refractivity contribution in [2.45, 2.75) is 24.9 Å². The minimum atomic E-state index is -0.748. The van der Waals surface area contributed by atoms with Crippen LogP contribution in [0.25, 0.3) is 17.1 Å². The van der Waals surface area contributed by atoms with E-state index in [9.17, 15) is 4.79 Å². The lowest BCUT2D eigenvalue weighted by atomic mass is 10.0. The lowest BCUT2D eigenvalue weighted by Crippen LogP contribution is -2.37. The second-order valence-corrected chi connectivity index (χ2v) is 7.61. The molecule has 2 fully saturated rings. The fraction of sp³-hybridized carbons (Fsp3) is 0.250. The molecule has 3 aromatic rings. The summed E-state index contributed by atoms with van der Waals surface area (Å²) in [5.41, 5.74) is 1.77. The Bertz CT molecular complexity index is 1090. The Morgan fingerprint density at radius 2 is 1.86 bits per heavy atom. The lowest BCUT2D eigenvalue weighted by molar-refractivity contribution is -0.156. The van der Waals surface area contributed by atoms with Gasteiger partial charge in [0.05, 0.1) is 12.6 Å². The first kappa shape index (κ1) is 17.8. The van der Waals surface area contributed by atoms with E-state index in [2.05, 4.69) is 0 Å². The van der Waals surface area contributed by atoms with Crippen LogP contribution in [0.3, 0.4) is 0 Å². The van der Waals surface area contributed by atoms with Gasteiger partial charge in [-0.2, -0.15) is 5.10 Å². The highest BCUT2D eigenvalue weighted by Crippen LogP contribution is 2.34. The molecule has 0 amide bonds. The highest BCUT2D eigenvalue weighted by atomic mass is 35.5. The van der Waals surface area contributed by atoms with E-state index in [1.807, 2.05) is 59.2 Å². The average molecular weight is 414 g/mol. The van der Waals surface area contributed by atoms with Crippen molar-refractivity contribution < 1.29 is 14.3 Å². The molecule has 6 nitrogen and oxygen atoms in total. The van der Waals surface area contributed by atoms with E-state index in [-0.39, 0.29) is 24.3 Å². The Labute approximate surface area is 171 Å². The molecule has 28 heavy (non-hydrogen) atoms. The number of hydrogen-bond acceptors (Lipinski definition) is 5. The maximum absolute atomic E-state index is 12.3. The van der Waals surface area contributed by atoms with E-state index in [0.717, 1.165) is 11.3 Å². The SMILES string of the molecule is O=C1CC(n2nc(-c3ccc(Cl)cc3)n(-c3ccccc3)c2=S)C2COC1O2. The van der Waals surface area contributed by atoms with E-state index in [1.54, 1.807) is 4.68 Å². The number of hydrogen-bond donors (Lipinski definition) is 0. The third kappa shape index (κ3) is 2.91. The van der Waals surface area contributed by atoms with Gasteiger partial charge in [0.1, 0.15) is 6.10 Å². The van der Waals surface area contributed by atoms with Crippen molar-refractivity contribution in [3.8, 4) is 17.1 Å². The van der Waals surface area contributed by atoms with Crippen LogP contribution < -0.4 is 0 Å². The highest BCUT2D eigenvalue weighted by Gasteiger charge is 2.45. The Kier molecular flexibility index (Phi) is 4.40. The monoisotopic (exact) mass is 413 g/mol. The molecule has 2 saturated heterocycles. The summed E-state index contributed by atoms with van der Waals surface area (Å²) in [4.78, 5) is 12.3. The number of ether oxygens (including phenoxy) is 2. The minimum Gasteiger partial charge on any atom is -0.343 e. The van der Waals surface area contributed by atoms with Crippen molar-refractivity contribution >= 4 is 29.6 Å². The van der Waals surface area contributed by atoms with Gasteiger partial charge in [-0.15, -0.1) is 0 Å². The molecule has 0 saturated carbocycles. The first-order valence-electron chi connectivity index (χ1n) is 8.94. The van der Waals surface area contributed by atoms with Crippen LogP contribution in [-0.4, -0.2) is 39.1 Å². The van der Waals surface area contributed by atoms with Gasteiger partial charge < -0.3 is 9.47 Å². The molecule has 2 aliphatic heterocycles. The van der Waals surface area contributed by atoms with Gasteiger partial charge >= 0.3 is 0 Å². The maximum Gasteiger partial charge on any atom is 0.218 e. The predicted molar refractivity (Wildman–Crippen MR) is 106 cm³/mol. The number of Topliss-reactive ketones (excluding diaryl/α,β-unsaturated/α-hetero) is 1. The maximum atomic E-state index is 12.3. The van der Waals surface area contributed by atoms with Crippen LogP contribution >= 0.6 is 23.8 Å². The van der Waals surface area contributed by atoms with Crippen molar-refractivity contribution in [2.75, 3.05) is 6.61 Å². The average Bonchev–Trinajstić information content (AvgIpc) is 3.29. The number of para-hydroxylation sites is 1. The van der Waals surface area contributed by atoms with Crippen molar-refractivity contribution in [3.05, 3.63) is 64.4 Å². The summed E-state index contributed by atoms with van der Waals surface area (Å²) in [7, 11) is 0. The molecule has 0 aliphatic carbocycles. The molecule has 142 valence electrons. The molecule has 0 N–H and O–H groups in total. The van der Waals surface area contributed by atoms with Crippen molar-refractivity contribution in [1.29, 1.82) is 0 Å². The molecule has 3 unspecified atom stereocenters. The number of benzene rings is 2. The van der Waals surface area contributed by atoms with Crippen molar-refractivity contribution in [2.24, 2.45) is 0 Å². The Balaban J connectivity index is 1.68. The van der Waals surface area contributed by atoms with Gasteiger partial charge in [-0.25, -0.2) is 4.68 Å².